The molecule has 0 bridgehead atoms. The van der Waals surface area contributed by atoms with Gasteiger partial charge >= 0.3 is 5.69 Å². The van der Waals surface area contributed by atoms with Crippen molar-refractivity contribution in [2.75, 3.05) is 0 Å². The summed E-state index contributed by atoms with van der Waals surface area (Å²) in [5, 5.41) is 4.75. The Balaban J connectivity index is 1.59. The van der Waals surface area contributed by atoms with Crippen LogP contribution in [0.3, 0.4) is 0 Å². The topological polar surface area (TPSA) is 18.5 Å². The first kappa shape index (κ1) is 21.2. The molecule has 0 radical (unpaired) electrons. The van der Waals surface area contributed by atoms with Crippen molar-refractivity contribution in [3.8, 4) is 11.5 Å². The minimum atomic E-state index is -2.82. The number of fused-ring (bicyclic) bond motifs is 6. The van der Waals surface area contributed by atoms with Gasteiger partial charge in [0.1, 0.15) is 11.5 Å². The van der Waals surface area contributed by atoms with Crippen LogP contribution in [0.5, 0.6) is 11.5 Å². The van der Waals surface area contributed by atoms with Gasteiger partial charge in [0.05, 0.1) is 0 Å². The van der Waals surface area contributed by atoms with Crippen molar-refractivity contribution in [3.05, 3.63) is 113 Å². The summed E-state index contributed by atoms with van der Waals surface area (Å²) in [6, 6.07) is 33.3. The number of benzene rings is 5. The highest BCUT2D eigenvalue weighted by Gasteiger charge is 2.31. The Bertz CT molecular complexity index is 1490. The van der Waals surface area contributed by atoms with E-state index in [4.69, 9.17) is 20.9 Å². The Morgan fingerprint density at radius 1 is 0.697 bits per heavy atom. The lowest BCUT2D eigenvalue weighted by Gasteiger charge is -2.29. The molecule has 162 valence electrons. The second-order valence-electron chi connectivity index (χ2n) is 7.88. The first-order valence-corrected chi connectivity index (χ1v) is 15.4. The van der Waals surface area contributed by atoms with E-state index in [2.05, 4.69) is 76.6 Å². The Morgan fingerprint density at radius 2 is 1.27 bits per heavy atom. The van der Waals surface area contributed by atoms with Gasteiger partial charge in [-0.15, -0.1) is 0 Å². The van der Waals surface area contributed by atoms with Crippen LogP contribution in [0, 0.1) is 0 Å². The van der Waals surface area contributed by atoms with E-state index in [1.54, 1.807) is 0 Å². The molecule has 0 saturated heterocycles. The van der Waals surface area contributed by atoms with E-state index in [1.807, 2.05) is 36.4 Å². The highest BCUT2D eigenvalue weighted by molar-refractivity contribution is 9.10. The molecule has 0 amide bonds. The van der Waals surface area contributed by atoms with E-state index >= 15 is 0 Å². The zero-order chi connectivity index (χ0) is 22.4. The first-order valence-electron chi connectivity index (χ1n) is 10.5. The molecule has 0 aliphatic carbocycles. The van der Waals surface area contributed by atoms with E-state index in [0.29, 0.717) is 6.42 Å². The normalized spacial score (nSPS) is 14.5. The molecule has 6 heteroatoms. The van der Waals surface area contributed by atoms with Crippen molar-refractivity contribution >= 4 is 66.4 Å². The molecule has 2 nitrogen and oxygen atoms in total. The highest BCUT2D eigenvalue weighted by atomic mass is 79.9. The summed E-state index contributed by atoms with van der Waals surface area (Å²) in [7, 11) is 0. The second kappa shape index (κ2) is 8.48. The number of hydrogen-bond acceptors (Lipinski definition) is 4. The average Bonchev–Trinajstić information content (AvgIpc) is 2.80. The van der Waals surface area contributed by atoms with E-state index < -0.39 is 5.69 Å². The quantitative estimate of drug-likeness (QED) is 0.204. The van der Waals surface area contributed by atoms with Crippen molar-refractivity contribution in [3.63, 3.8) is 0 Å². The van der Waals surface area contributed by atoms with Crippen LogP contribution in [0.4, 0.5) is 0 Å². The Hall–Kier alpha value is -2.30. The number of rotatable bonds is 2. The molecule has 5 aromatic rings. The average molecular weight is 549 g/mol. The molecule has 1 aliphatic rings. The van der Waals surface area contributed by atoms with E-state index in [0.717, 1.165) is 32.0 Å². The smallest absolute Gasteiger partial charge is 0.353 e. The largest absolute Gasteiger partial charge is 0.428 e. The van der Waals surface area contributed by atoms with Crippen molar-refractivity contribution in [1.82, 2.24) is 0 Å². The molecule has 0 saturated carbocycles. The summed E-state index contributed by atoms with van der Waals surface area (Å²) < 4.78 is 14.2. The molecular formula is C27H18BrO2PS2. The van der Waals surface area contributed by atoms with Gasteiger partial charge in [0, 0.05) is 38.7 Å². The monoisotopic (exact) mass is 548 g/mol. The van der Waals surface area contributed by atoms with Crippen LogP contribution in [-0.4, -0.2) is 0 Å². The zero-order valence-corrected chi connectivity index (χ0v) is 21.5. The molecule has 0 spiro atoms. The molecule has 0 N–H and O–H groups in total. The van der Waals surface area contributed by atoms with Gasteiger partial charge in [-0.3, -0.25) is 0 Å². The maximum atomic E-state index is 6.60. The number of hydrogen-bond donors (Lipinski definition) is 0. The van der Waals surface area contributed by atoms with Crippen molar-refractivity contribution in [1.29, 1.82) is 0 Å². The van der Waals surface area contributed by atoms with Crippen molar-refractivity contribution < 1.29 is 9.05 Å². The van der Waals surface area contributed by atoms with Gasteiger partial charge in [0.25, 0.3) is 0 Å². The predicted molar refractivity (Wildman–Crippen MR) is 146 cm³/mol. The maximum absolute atomic E-state index is 6.60. The summed E-state index contributed by atoms with van der Waals surface area (Å²) in [5.74, 6) is 1.61. The molecule has 0 fully saturated rings. The number of halogens is 1. The summed E-state index contributed by atoms with van der Waals surface area (Å²) >= 11 is 11.2. The van der Waals surface area contributed by atoms with Crippen LogP contribution in [0.25, 0.3) is 21.5 Å². The summed E-state index contributed by atoms with van der Waals surface area (Å²) in [5.41, 5.74) is -0.516. The van der Waals surface area contributed by atoms with E-state index in [1.165, 1.54) is 32.9 Å². The van der Waals surface area contributed by atoms with Crippen molar-refractivity contribution in [2.45, 2.75) is 11.3 Å². The molecule has 5 aromatic carbocycles. The Kier molecular flexibility index (Phi) is 5.46. The third-order valence-electron chi connectivity index (χ3n) is 5.78. The third kappa shape index (κ3) is 4.08. The minimum absolute atomic E-state index is 0.713. The van der Waals surface area contributed by atoms with E-state index in [-0.39, 0.29) is 0 Å². The molecular weight excluding hydrogens is 531 g/mol. The van der Waals surface area contributed by atoms with Crippen LogP contribution in [0.15, 0.2) is 106 Å². The SMILES string of the molecule is S=P1(Sc2cccc(Br)c2)Oc2ccc3ccccc3c2Cc2c(ccc3ccccc23)O1. The van der Waals surface area contributed by atoms with Gasteiger partial charge in [0.2, 0.25) is 0 Å². The fraction of sp³-hybridized carbons (Fsp3) is 0.0370. The fourth-order valence-electron chi connectivity index (χ4n) is 4.29. The molecule has 0 aromatic heterocycles. The van der Waals surface area contributed by atoms with Crippen LogP contribution in [0.2, 0.25) is 0 Å². The molecule has 0 atom stereocenters. The molecule has 1 aliphatic heterocycles. The van der Waals surface area contributed by atoms with Gasteiger partial charge < -0.3 is 9.05 Å². The van der Waals surface area contributed by atoms with Gasteiger partial charge in [0.15, 0.2) is 0 Å². The van der Waals surface area contributed by atoms with Gasteiger partial charge in [-0.2, -0.15) is 0 Å². The summed E-state index contributed by atoms with van der Waals surface area (Å²) in [6.07, 6.45) is 0.713. The lowest BCUT2D eigenvalue weighted by molar-refractivity contribution is 0.495. The Morgan fingerprint density at radius 3 is 1.85 bits per heavy atom. The fourth-order valence-corrected chi connectivity index (χ4v) is 9.43. The molecule has 33 heavy (non-hydrogen) atoms. The lowest BCUT2D eigenvalue weighted by Crippen LogP contribution is -2.07. The lowest BCUT2D eigenvalue weighted by atomic mass is 9.93. The predicted octanol–water partition coefficient (Wildman–Crippen LogP) is 9.13. The van der Waals surface area contributed by atoms with Crippen LogP contribution < -0.4 is 9.05 Å². The molecule has 1 heterocycles. The van der Waals surface area contributed by atoms with Crippen LogP contribution >= 0.6 is 33.0 Å². The highest BCUT2D eigenvalue weighted by Crippen LogP contribution is 2.65. The van der Waals surface area contributed by atoms with E-state index in [9.17, 15) is 0 Å². The van der Waals surface area contributed by atoms with Crippen LogP contribution in [0.1, 0.15) is 11.1 Å². The van der Waals surface area contributed by atoms with Gasteiger partial charge in [-0.25, -0.2) is 0 Å². The third-order valence-corrected chi connectivity index (χ3v) is 10.7. The van der Waals surface area contributed by atoms with Gasteiger partial charge in [-0.05, 0) is 63.3 Å². The summed E-state index contributed by atoms with van der Waals surface area (Å²) in [6.45, 7) is 0. The standard InChI is InChI=1S/C27H18BrO2PS2/c28-20-8-5-9-21(16-20)33-31(32)29-26-14-12-18-6-1-3-10-22(18)24(26)17-25-23-11-4-2-7-19(23)13-15-27(25)30-31/h1-16H,17H2. The molecule has 6 rings (SSSR count). The second-order valence-corrected chi connectivity index (χ2v) is 14.8. The van der Waals surface area contributed by atoms with Gasteiger partial charge in [-0.1, -0.05) is 82.7 Å². The zero-order valence-electron chi connectivity index (χ0n) is 17.4. The first-order chi connectivity index (χ1) is 16.1. The molecule has 0 unspecified atom stereocenters. The minimum Gasteiger partial charge on any atom is -0.428 e. The maximum Gasteiger partial charge on any atom is 0.353 e. The summed E-state index contributed by atoms with van der Waals surface area (Å²) in [4.78, 5) is 1.01. The van der Waals surface area contributed by atoms with Crippen molar-refractivity contribution in [2.24, 2.45) is 0 Å². The Labute approximate surface area is 210 Å². The van der Waals surface area contributed by atoms with Crippen LogP contribution in [-0.2, 0) is 18.2 Å².